The third kappa shape index (κ3) is 3.80. The molecular weight excluding hydrogens is 234 g/mol. The summed E-state index contributed by atoms with van der Waals surface area (Å²) in [4.78, 5) is 2.34. The third-order valence-corrected chi connectivity index (χ3v) is 3.19. The van der Waals surface area contributed by atoms with Crippen molar-refractivity contribution in [2.24, 2.45) is 0 Å². The van der Waals surface area contributed by atoms with Gasteiger partial charge in [-0.3, -0.25) is 10.00 Å². The predicted octanol–water partition coefficient (Wildman–Crippen LogP) is 3.21. The van der Waals surface area contributed by atoms with E-state index in [2.05, 4.69) is 58.9 Å². The van der Waals surface area contributed by atoms with Crippen molar-refractivity contribution in [3.63, 3.8) is 0 Å². The minimum absolute atomic E-state index is 0.838. The molecule has 0 unspecified atom stereocenters. The van der Waals surface area contributed by atoms with Gasteiger partial charge in [0.25, 0.3) is 0 Å². The zero-order chi connectivity index (χ0) is 13.7. The van der Waals surface area contributed by atoms with E-state index in [4.69, 9.17) is 0 Å². The molecule has 0 aliphatic carbocycles. The van der Waals surface area contributed by atoms with Gasteiger partial charge in [-0.25, -0.2) is 0 Å². The van der Waals surface area contributed by atoms with Crippen LogP contribution in [0.3, 0.4) is 0 Å². The molecule has 3 nitrogen and oxygen atoms in total. The van der Waals surface area contributed by atoms with Gasteiger partial charge in [0.15, 0.2) is 0 Å². The van der Waals surface area contributed by atoms with Crippen LogP contribution >= 0.6 is 0 Å². The SMILES string of the molecule is C=CCN(Cc1cc(C)[nH]n1)Cc1ccccc1C. The molecule has 0 aliphatic rings. The van der Waals surface area contributed by atoms with Crippen molar-refractivity contribution in [1.29, 1.82) is 0 Å². The van der Waals surface area contributed by atoms with Gasteiger partial charge in [-0.05, 0) is 31.0 Å². The summed E-state index contributed by atoms with van der Waals surface area (Å²) in [5, 5.41) is 7.29. The molecule has 0 saturated heterocycles. The van der Waals surface area contributed by atoms with Crippen LogP contribution in [-0.2, 0) is 13.1 Å². The number of aryl methyl sites for hydroxylation is 2. The number of benzene rings is 1. The van der Waals surface area contributed by atoms with Gasteiger partial charge < -0.3 is 0 Å². The Morgan fingerprint density at radius 1 is 1.26 bits per heavy atom. The fraction of sp³-hybridized carbons (Fsp3) is 0.312. The molecule has 0 fully saturated rings. The molecule has 3 heteroatoms. The van der Waals surface area contributed by atoms with Gasteiger partial charge in [0.05, 0.1) is 5.69 Å². The van der Waals surface area contributed by atoms with Crippen molar-refractivity contribution < 1.29 is 0 Å². The molecule has 0 atom stereocenters. The lowest BCUT2D eigenvalue weighted by Gasteiger charge is -2.20. The van der Waals surface area contributed by atoms with E-state index < -0.39 is 0 Å². The Morgan fingerprint density at radius 2 is 2.05 bits per heavy atom. The molecule has 2 rings (SSSR count). The van der Waals surface area contributed by atoms with E-state index in [0.717, 1.165) is 31.0 Å². The topological polar surface area (TPSA) is 31.9 Å². The maximum atomic E-state index is 4.30. The number of nitrogens with zero attached hydrogens (tertiary/aromatic N) is 2. The van der Waals surface area contributed by atoms with Crippen molar-refractivity contribution in [3.05, 3.63) is 65.5 Å². The fourth-order valence-electron chi connectivity index (χ4n) is 2.18. The fourth-order valence-corrected chi connectivity index (χ4v) is 2.18. The van der Waals surface area contributed by atoms with Gasteiger partial charge in [0.1, 0.15) is 0 Å². The average Bonchev–Trinajstić information content (AvgIpc) is 2.78. The number of hydrogen-bond acceptors (Lipinski definition) is 2. The molecule has 1 aromatic heterocycles. The zero-order valence-corrected chi connectivity index (χ0v) is 11.7. The summed E-state index contributed by atoms with van der Waals surface area (Å²) in [6.07, 6.45) is 1.94. The summed E-state index contributed by atoms with van der Waals surface area (Å²) in [5.41, 5.74) is 4.86. The number of aromatic amines is 1. The molecule has 0 saturated carbocycles. The summed E-state index contributed by atoms with van der Waals surface area (Å²) in [7, 11) is 0. The number of rotatable bonds is 6. The molecule has 0 amide bonds. The summed E-state index contributed by atoms with van der Waals surface area (Å²) in [5.74, 6) is 0. The van der Waals surface area contributed by atoms with Crippen LogP contribution < -0.4 is 0 Å². The summed E-state index contributed by atoms with van der Waals surface area (Å²) in [6.45, 7) is 10.6. The Morgan fingerprint density at radius 3 is 2.68 bits per heavy atom. The first-order valence-corrected chi connectivity index (χ1v) is 6.57. The Kier molecular flexibility index (Phi) is 4.53. The van der Waals surface area contributed by atoms with Crippen LogP contribution in [0.2, 0.25) is 0 Å². The second-order valence-corrected chi connectivity index (χ2v) is 4.93. The molecule has 2 aromatic rings. The van der Waals surface area contributed by atoms with Crippen LogP contribution in [0, 0.1) is 13.8 Å². The summed E-state index contributed by atoms with van der Waals surface area (Å²) < 4.78 is 0. The van der Waals surface area contributed by atoms with Gasteiger partial charge in [0, 0.05) is 25.3 Å². The van der Waals surface area contributed by atoms with E-state index in [1.54, 1.807) is 0 Å². The summed E-state index contributed by atoms with van der Waals surface area (Å²) >= 11 is 0. The average molecular weight is 255 g/mol. The molecule has 19 heavy (non-hydrogen) atoms. The Bertz CT molecular complexity index is 542. The molecular formula is C16H21N3. The van der Waals surface area contributed by atoms with Crippen LogP contribution in [0.4, 0.5) is 0 Å². The number of aromatic nitrogens is 2. The van der Waals surface area contributed by atoms with Gasteiger partial charge in [-0.1, -0.05) is 30.3 Å². The summed E-state index contributed by atoms with van der Waals surface area (Å²) in [6, 6.07) is 10.6. The standard InChI is InChI=1S/C16H21N3/c1-4-9-19(12-16-10-14(3)17-18-16)11-15-8-6-5-7-13(15)2/h4-8,10H,1,9,11-12H2,2-3H3,(H,17,18). The van der Waals surface area contributed by atoms with Crippen LogP contribution in [0.15, 0.2) is 43.0 Å². The van der Waals surface area contributed by atoms with E-state index in [9.17, 15) is 0 Å². The quantitative estimate of drug-likeness (QED) is 0.804. The van der Waals surface area contributed by atoms with Crippen LogP contribution in [0.25, 0.3) is 0 Å². The number of nitrogens with one attached hydrogen (secondary N) is 1. The highest BCUT2D eigenvalue weighted by atomic mass is 15.2. The first-order chi connectivity index (χ1) is 9.19. The van der Waals surface area contributed by atoms with Crippen LogP contribution in [0.5, 0.6) is 0 Å². The second kappa shape index (κ2) is 6.34. The van der Waals surface area contributed by atoms with Crippen molar-refractivity contribution >= 4 is 0 Å². The largest absolute Gasteiger partial charge is 0.290 e. The van der Waals surface area contributed by atoms with E-state index in [0.29, 0.717) is 0 Å². The van der Waals surface area contributed by atoms with E-state index >= 15 is 0 Å². The van der Waals surface area contributed by atoms with Gasteiger partial charge >= 0.3 is 0 Å². The normalized spacial score (nSPS) is 10.9. The van der Waals surface area contributed by atoms with Gasteiger partial charge in [-0.15, -0.1) is 6.58 Å². The lowest BCUT2D eigenvalue weighted by Crippen LogP contribution is -2.23. The minimum Gasteiger partial charge on any atom is -0.290 e. The van der Waals surface area contributed by atoms with Gasteiger partial charge in [-0.2, -0.15) is 5.10 Å². The maximum absolute atomic E-state index is 4.30. The number of H-pyrrole nitrogens is 1. The van der Waals surface area contributed by atoms with E-state index in [-0.39, 0.29) is 0 Å². The van der Waals surface area contributed by atoms with E-state index in [1.807, 2.05) is 13.0 Å². The molecule has 1 N–H and O–H groups in total. The minimum atomic E-state index is 0.838. The van der Waals surface area contributed by atoms with Crippen molar-refractivity contribution in [2.75, 3.05) is 6.54 Å². The molecule has 0 aliphatic heterocycles. The van der Waals surface area contributed by atoms with E-state index in [1.165, 1.54) is 11.1 Å². The number of hydrogen-bond donors (Lipinski definition) is 1. The molecule has 1 aromatic carbocycles. The first kappa shape index (κ1) is 13.6. The third-order valence-electron chi connectivity index (χ3n) is 3.19. The smallest absolute Gasteiger partial charge is 0.0765 e. The van der Waals surface area contributed by atoms with Crippen molar-refractivity contribution in [2.45, 2.75) is 26.9 Å². The predicted molar refractivity (Wildman–Crippen MR) is 78.8 cm³/mol. The Hall–Kier alpha value is -1.87. The van der Waals surface area contributed by atoms with Crippen LogP contribution in [-0.4, -0.2) is 21.6 Å². The van der Waals surface area contributed by atoms with Crippen LogP contribution in [0.1, 0.15) is 22.5 Å². The molecule has 1 heterocycles. The zero-order valence-electron chi connectivity index (χ0n) is 11.7. The second-order valence-electron chi connectivity index (χ2n) is 4.93. The first-order valence-electron chi connectivity index (χ1n) is 6.57. The molecule has 100 valence electrons. The lowest BCUT2D eigenvalue weighted by atomic mass is 10.1. The monoisotopic (exact) mass is 255 g/mol. The highest BCUT2D eigenvalue weighted by molar-refractivity contribution is 5.25. The molecule has 0 bridgehead atoms. The Labute approximate surface area is 115 Å². The lowest BCUT2D eigenvalue weighted by molar-refractivity contribution is 0.282. The maximum Gasteiger partial charge on any atom is 0.0765 e. The molecule has 0 radical (unpaired) electrons. The Balaban J connectivity index is 2.08. The van der Waals surface area contributed by atoms with Crippen molar-refractivity contribution in [3.8, 4) is 0 Å². The van der Waals surface area contributed by atoms with Gasteiger partial charge in [0.2, 0.25) is 0 Å². The molecule has 0 spiro atoms. The highest BCUT2D eigenvalue weighted by Gasteiger charge is 2.08. The highest BCUT2D eigenvalue weighted by Crippen LogP contribution is 2.12. The van der Waals surface area contributed by atoms with Crippen molar-refractivity contribution in [1.82, 2.24) is 15.1 Å².